The molecule has 3 nitrogen and oxygen atoms in total. The Kier molecular flexibility index (Phi) is 5.08. The summed E-state index contributed by atoms with van der Waals surface area (Å²) in [6.07, 6.45) is 2.33. The molecule has 1 unspecified atom stereocenters. The van der Waals surface area contributed by atoms with Crippen LogP contribution in [0.1, 0.15) is 31.7 Å². The lowest BCUT2D eigenvalue weighted by Gasteiger charge is -2.27. The third-order valence-corrected chi connectivity index (χ3v) is 3.77. The highest BCUT2D eigenvalue weighted by Crippen LogP contribution is 2.24. The van der Waals surface area contributed by atoms with Crippen LogP contribution < -0.4 is 0 Å². The number of nitrogens with zero attached hydrogens (tertiary/aromatic N) is 2. The monoisotopic (exact) mass is 300 g/mol. The molecule has 5 heteroatoms. The number of hydrogen-bond donors (Lipinski definition) is 1. The molecule has 0 spiro atoms. The maximum absolute atomic E-state index is 9.70. The van der Waals surface area contributed by atoms with Gasteiger partial charge >= 0.3 is 0 Å². The topological polar surface area (TPSA) is 35.8 Å². The molecule has 104 valence electrons. The van der Waals surface area contributed by atoms with Crippen molar-refractivity contribution in [3.8, 4) is 0 Å². The molecule has 0 fully saturated rings. The summed E-state index contributed by atoms with van der Waals surface area (Å²) in [6.45, 7) is 3.42. The maximum Gasteiger partial charge on any atom is 0.0729 e. The molecule has 1 N–H and O–H groups in total. The minimum atomic E-state index is -0.330. The van der Waals surface area contributed by atoms with Crippen molar-refractivity contribution >= 4 is 28.9 Å². The molecule has 1 aromatic carbocycles. The quantitative estimate of drug-likeness (QED) is 0.923. The Morgan fingerprint density at radius 2 is 2.21 bits per heavy atom. The number of aliphatic hydroxyl groups is 1. The van der Waals surface area contributed by atoms with E-state index in [0.29, 0.717) is 16.6 Å². The first-order valence-corrected chi connectivity index (χ1v) is 7.31. The molecular weight excluding hydrogens is 283 g/mol. The fourth-order valence-electron chi connectivity index (χ4n) is 2.12. The summed E-state index contributed by atoms with van der Waals surface area (Å²) in [6, 6.07) is 5.47. The largest absolute Gasteiger partial charge is 0.391 e. The number of hydrogen-bond acceptors (Lipinski definition) is 3. The van der Waals surface area contributed by atoms with Crippen molar-refractivity contribution in [1.82, 2.24) is 5.01 Å². The van der Waals surface area contributed by atoms with Crippen molar-refractivity contribution in [1.29, 1.82) is 0 Å². The zero-order valence-electron chi connectivity index (χ0n) is 10.9. The van der Waals surface area contributed by atoms with E-state index in [1.807, 2.05) is 24.1 Å². The van der Waals surface area contributed by atoms with E-state index in [9.17, 15) is 5.11 Å². The molecule has 0 aliphatic carbocycles. The second kappa shape index (κ2) is 6.60. The van der Waals surface area contributed by atoms with Gasteiger partial charge in [0, 0.05) is 17.1 Å². The Morgan fingerprint density at radius 3 is 2.89 bits per heavy atom. The van der Waals surface area contributed by atoms with Crippen LogP contribution in [0.4, 0.5) is 0 Å². The summed E-state index contributed by atoms with van der Waals surface area (Å²) in [7, 11) is 0. The zero-order valence-corrected chi connectivity index (χ0v) is 12.5. The number of aliphatic hydroxyl groups excluding tert-OH is 1. The summed E-state index contributed by atoms with van der Waals surface area (Å²) in [4.78, 5) is 0. The van der Waals surface area contributed by atoms with Crippen LogP contribution in [-0.2, 0) is 0 Å². The Labute approximate surface area is 123 Å². The van der Waals surface area contributed by atoms with E-state index in [0.717, 1.165) is 37.1 Å². The van der Waals surface area contributed by atoms with Gasteiger partial charge in [0.2, 0.25) is 0 Å². The average molecular weight is 301 g/mol. The third kappa shape index (κ3) is 3.85. The van der Waals surface area contributed by atoms with Gasteiger partial charge in [-0.15, -0.1) is 0 Å². The second-order valence-electron chi connectivity index (χ2n) is 4.75. The van der Waals surface area contributed by atoms with E-state index < -0.39 is 0 Å². The first-order valence-electron chi connectivity index (χ1n) is 6.56. The first-order chi connectivity index (χ1) is 9.10. The molecule has 0 radical (unpaired) electrons. The van der Waals surface area contributed by atoms with Crippen molar-refractivity contribution in [2.24, 2.45) is 5.10 Å². The second-order valence-corrected chi connectivity index (χ2v) is 5.59. The van der Waals surface area contributed by atoms with Crippen molar-refractivity contribution < 1.29 is 5.11 Å². The van der Waals surface area contributed by atoms with Gasteiger partial charge in [0.1, 0.15) is 0 Å². The summed E-state index contributed by atoms with van der Waals surface area (Å²) in [5, 5.41) is 17.5. The molecule has 1 aromatic rings. The summed E-state index contributed by atoms with van der Waals surface area (Å²) >= 11 is 12.1. The van der Waals surface area contributed by atoms with Crippen LogP contribution in [-0.4, -0.2) is 35.0 Å². The zero-order chi connectivity index (χ0) is 13.8. The maximum atomic E-state index is 9.70. The van der Waals surface area contributed by atoms with Crippen LogP contribution in [0.3, 0.4) is 0 Å². The lowest BCUT2D eigenvalue weighted by molar-refractivity contribution is 0.108. The molecule has 0 aromatic heterocycles. The van der Waals surface area contributed by atoms with Gasteiger partial charge in [0.25, 0.3) is 0 Å². The Morgan fingerprint density at radius 1 is 1.42 bits per heavy atom. The normalized spacial score (nSPS) is 17.3. The van der Waals surface area contributed by atoms with E-state index in [4.69, 9.17) is 23.2 Å². The van der Waals surface area contributed by atoms with Gasteiger partial charge in [-0.1, -0.05) is 36.2 Å². The highest BCUT2D eigenvalue weighted by molar-refractivity contribution is 6.37. The fourth-order valence-corrected chi connectivity index (χ4v) is 2.63. The molecular formula is C14H18Cl2N2O. The van der Waals surface area contributed by atoms with Crippen molar-refractivity contribution in [2.75, 3.05) is 13.1 Å². The Bertz CT molecular complexity index is 477. The van der Waals surface area contributed by atoms with Gasteiger partial charge in [0.15, 0.2) is 0 Å². The van der Waals surface area contributed by atoms with E-state index in [-0.39, 0.29) is 6.10 Å². The third-order valence-electron chi connectivity index (χ3n) is 3.23. The van der Waals surface area contributed by atoms with Crippen LogP contribution in [0.25, 0.3) is 0 Å². The van der Waals surface area contributed by atoms with Gasteiger partial charge < -0.3 is 5.11 Å². The molecule has 1 aliphatic rings. The first kappa shape index (κ1) is 14.6. The molecule has 0 saturated heterocycles. The van der Waals surface area contributed by atoms with E-state index in [1.165, 1.54) is 0 Å². The van der Waals surface area contributed by atoms with Gasteiger partial charge in [-0.05, 0) is 31.4 Å². The van der Waals surface area contributed by atoms with Crippen molar-refractivity contribution in [3.63, 3.8) is 0 Å². The number of rotatable bonds is 4. The summed E-state index contributed by atoms with van der Waals surface area (Å²) in [5.74, 6) is 0. The van der Waals surface area contributed by atoms with Gasteiger partial charge in [0.05, 0.1) is 23.4 Å². The van der Waals surface area contributed by atoms with E-state index >= 15 is 0 Å². The minimum absolute atomic E-state index is 0.330. The van der Waals surface area contributed by atoms with Crippen molar-refractivity contribution in [2.45, 2.75) is 32.3 Å². The highest BCUT2D eigenvalue weighted by Gasteiger charge is 2.17. The predicted octanol–water partition coefficient (Wildman–Crippen LogP) is 3.56. The molecule has 2 rings (SSSR count). The number of β-amino-alcohol motifs (C(OH)–C–C–N with tert-alkyl or cyclic N) is 1. The molecule has 1 atom stereocenters. The lowest BCUT2D eigenvalue weighted by atomic mass is 10.0. The Hall–Kier alpha value is -0.770. The van der Waals surface area contributed by atoms with Crippen LogP contribution in [0.15, 0.2) is 23.3 Å². The van der Waals surface area contributed by atoms with Crippen LogP contribution in [0.2, 0.25) is 10.0 Å². The SMILES string of the molecule is CCC(O)CN1CCCC(c2ccc(Cl)cc2Cl)=N1. The molecule has 19 heavy (non-hydrogen) atoms. The molecule has 1 aliphatic heterocycles. The fraction of sp³-hybridized carbons (Fsp3) is 0.500. The molecule has 0 bridgehead atoms. The Balaban J connectivity index is 2.18. The number of benzene rings is 1. The summed E-state index contributed by atoms with van der Waals surface area (Å²) < 4.78 is 0. The molecule has 1 heterocycles. The average Bonchev–Trinajstić information content (AvgIpc) is 2.39. The number of halogens is 2. The standard InChI is InChI=1S/C14H18Cl2N2O/c1-2-11(19)9-18-7-3-4-14(17-18)12-6-5-10(15)8-13(12)16/h5-6,8,11,19H,2-4,7,9H2,1H3. The molecule has 0 amide bonds. The smallest absolute Gasteiger partial charge is 0.0729 e. The predicted molar refractivity (Wildman–Crippen MR) is 80.1 cm³/mol. The highest BCUT2D eigenvalue weighted by atomic mass is 35.5. The van der Waals surface area contributed by atoms with E-state index in [1.54, 1.807) is 6.07 Å². The van der Waals surface area contributed by atoms with Crippen LogP contribution >= 0.6 is 23.2 Å². The van der Waals surface area contributed by atoms with Gasteiger partial charge in [-0.3, -0.25) is 5.01 Å². The lowest BCUT2D eigenvalue weighted by Crippen LogP contribution is -2.33. The number of hydrazone groups is 1. The van der Waals surface area contributed by atoms with Crippen LogP contribution in [0.5, 0.6) is 0 Å². The van der Waals surface area contributed by atoms with Gasteiger partial charge in [-0.25, -0.2) is 0 Å². The van der Waals surface area contributed by atoms with E-state index in [2.05, 4.69) is 5.10 Å². The van der Waals surface area contributed by atoms with Gasteiger partial charge in [-0.2, -0.15) is 5.10 Å². The molecule has 0 saturated carbocycles. The minimum Gasteiger partial charge on any atom is -0.391 e. The summed E-state index contributed by atoms with van der Waals surface area (Å²) in [5.41, 5.74) is 1.90. The van der Waals surface area contributed by atoms with Crippen LogP contribution in [0, 0.1) is 0 Å². The van der Waals surface area contributed by atoms with Crippen molar-refractivity contribution in [3.05, 3.63) is 33.8 Å².